The first-order valence-electron chi connectivity index (χ1n) is 10.4. The molecule has 1 N–H and O–H groups in total. The lowest BCUT2D eigenvalue weighted by Crippen LogP contribution is -2.32. The number of ketones is 1. The number of allylic oxidation sites excluding steroid dienone is 3. The normalized spacial score (nSPS) is 26.8. The third-order valence-corrected chi connectivity index (χ3v) is 9.18. The van der Waals surface area contributed by atoms with Gasteiger partial charge in [0.2, 0.25) is 0 Å². The topological polar surface area (TPSA) is 37.3 Å². The first-order valence-corrected chi connectivity index (χ1v) is 12.0. The van der Waals surface area contributed by atoms with Crippen LogP contribution < -0.4 is 0 Å². The molecule has 0 aromatic carbocycles. The van der Waals surface area contributed by atoms with Crippen LogP contribution in [0, 0.1) is 35.0 Å². The molecule has 2 nitrogen and oxygen atoms in total. The van der Waals surface area contributed by atoms with Crippen LogP contribution in [0.25, 0.3) is 9.75 Å². The Hall–Kier alpha value is -2.09. The summed E-state index contributed by atoms with van der Waals surface area (Å²) in [4.78, 5) is 18.0. The summed E-state index contributed by atoms with van der Waals surface area (Å²) < 4.78 is 0. The fourth-order valence-corrected chi connectivity index (χ4v) is 7.75. The van der Waals surface area contributed by atoms with Gasteiger partial charge in [0, 0.05) is 15.7 Å². The number of carbonyl (C=O) groups excluding carboxylic acids is 1. The van der Waals surface area contributed by atoms with Crippen molar-refractivity contribution in [1.29, 1.82) is 0 Å². The highest BCUT2D eigenvalue weighted by Gasteiger charge is 2.56. The van der Waals surface area contributed by atoms with Gasteiger partial charge in [0.15, 0.2) is 5.78 Å². The molecule has 2 heterocycles. The first-order chi connectivity index (χ1) is 14.1. The Kier molecular flexibility index (Phi) is 4.76. The zero-order valence-corrected chi connectivity index (χ0v) is 18.1. The molecule has 3 aliphatic carbocycles. The lowest BCUT2D eigenvalue weighted by molar-refractivity contribution is 0.0774. The number of aliphatic hydroxyl groups excluding tert-OH is 1. The van der Waals surface area contributed by atoms with Gasteiger partial charge in [-0.05, 0) is 79.9 Å². The van der Waals surface area contributed by atoms with Crippen LogP contribution in [0.3, 0.4) is 0 Å². The van der Waals surface area contributed by atoms with Gasteiger partial charge in [0.1, 0.15) is 5.76 Å². The fraction of sp³-hybridized carbons (Fsp3) is 0.400. The van der Waals surface area contributed by atoms with Crippen molar-refractivity contribution in [2.45, 2.75) is 39.0 Å². The van der Waals surface area contributed by atoms with E-state index in [1.165, 1.54) is 17.7 Å². The number of thiophene rings is 2. The van der Waals surface area contributed by atoms with Crippen LogP contribution >= 0.6 is 22.7 Å². The van der Waals surface area contributed by atoms with Crippen molar-refractivity contribution in [3.63, 3.8) is 0 Å². The van der Waals surface area contributed by atoms with E-state index in [0.29, 0.717) is 17.5 Å². The lowest BCUT2D eigenvalue weighted by Gasteiger charge is -2.32. The maximum absolute atomic E-state index is 13.8. The molecule has 2 fully saturated rings. The number of carbonyl (C=O) groups is 1. The minimum Gasteiger partial charge on any atom is -0.508 e. The van der Waals surface area contributed by atoms with Gasteiger partial charge >= 0.3 is 0 Å². The van der Waals surface area contributed by atoms with E-state index in [0.717, 1.165) is 33.9 Å². The minimum atomic E-state index is 0.0342. The highest BCUT2D eigenvalue weighted by Crippen LogP contribution is 2.61. The molecule has 2 aromatic heterocycles. The Labute approximate surface area is 180 Å². The summed E-state index contributed by atoms with van der Waals surface area (Å²) >= 11 is 3.30. The average molecular weight is 421 g/mol. The van der Waals surface area contributed by atoms with Crippen LogP contribution in [-0.4, -0.2) is 10.9 Å². The maximum atomic E-state index is 13.8. The van der Waals surface area contributed by atoms with Crippen LogP contribution in [0.1, 0.15) is 53.6 Å². The zero-order valence-electron chi connectivity index (χ0n) is 16.5. The Bertz CT molecular complexity index is 1070. The second-order valence-electron chi connectivity index (χ2n) is 8.51. The van der Waals surface area contributed by atoms with Crippen molar-refractivity contribution in [3.05, 3.63) is 58.0 Å². The predicted octanol–water partition coefficient (Wildman–Crippen LogP) is 6.86. The van der Waals surface area contributed by atoms with Crippen LogP contribution in [0.4, 0.5) is 0 Å². The van der Waals surface area contributed by atoms with Crippen LogP contribution in [0.2, 0.25) is 0 Å². The van der Waals surface area contributed by atoms with Crippen LogP contribution in [0.15, 0.2) is 48.3 Å². The molecule has 0 unspecified atom stereocenters. The van der Waals surface area contributed by atoms with Crippen LogP contribution in [0.5, 0.6) is 0 Å². The van der Waals surface area contributed by atoms with E-state index in [-0.39, 0.29) is 17.3 Å². The van der Waals surface area contributed by atoms with Gasteiger partial charge in [0.05, 0.1) is 9.75 Å². The van der Waals surface area contributed by atoms with E-state index in [1.807, 2.05) is 19.1 Å². The number of Topliss-reactive ketones (excluding diaryl/α,β-unsaturated/α-hetero) is 1. The smallest absolute Gasteiger partial charge is 0.177 e. The molecule has 148 valence electrons. The highest BCUT2D eigenvalue weighted by atomic mass is 32.1. The second-order valence-corrected chi connectivity index (χ2v) is 10.7. The van der Waals surface area contributed by atoms with Crippen molar-refractivity contribution in [1.82, 2.24) is 0 Å². The highest BCUT2D eigenvalue weighted by molar-refractivity contribution is 7.23. The summed E-state index contributed by atoms with van der Waals surface area (Å²) in [5.41, 5.74) is 0.106. The number of rotatable bonds is 3. The largest absolute Gasteiger partial charge is 0.508 e. The molecule has 2 saturated carbocycles. The second kappa shape index (κ2) is 7.31. The molecule has 3 atom stereocenters. The molecular formula is C25H24O2S2. The standard InChI is InChI=1S/C25H24O2S2/c1-2-5-18-7-9-20(28-18)21-10-11-22(29-21)24(27)23-19-8-6-17(26)14-16(19)15-25(23)12-3-4-13-25/h6-11,14,16,19,23,26H,3-4,12-13,15H2,1H3/t16-,19-,23-/m1/s1. The summed E-state index contributed by atoms with van der Waals surface area (Å²) in [6.45, 7) is 1.85. The first kappa shape index (κ1) is 18.9. The Morgan fingerprint density at radius 1 is 1.14 bits per heavy atom. The van der Waals surface area contributed by atoms with Crippen molar-refractivity contribution in [3.8, 4) is 21.6 Å². The van der Waals surface area contributed by atoms with Gasteiger partial charge in [-0.1, -0.05) is 24.8 Å². The van der Waals surface area contributed by atoms with E-state index >= 15 is 0 Å². The summed E-state index contributed by atoms with van der Waals surface area (Å²) in [6, 6.07) is 8.26. The molecule has 0 amide bonds. The molecule has 29 heavy (non-hydrogen) atoms. The monoisotopic (exact) mass is 420 g/mol. The van der Waals surface area contributed by atoms with Gasteiger partial charge in [-0.3, -0.25) is 4.79 Å². The molecule has 0 bridgehead atoms. The molecule has 0 saturated heterocycles. The third-order valence-electron chi connectivity index (χ3n) is 6.88. The molecule has 1 spiro atoms. The summed E-state index contributed by atoms with van der Waals surface area (Å²) in [6.07, 6.45) is 11.6. The summed E-state index contributed by atoms with van der Waals surface area (Å²) in [7, 11) is 0. The Morgan fingerprint density at radius 3 is 2.69 bits per heavy atom. The number of hydrogen-bond donors (Lipinski definition) is 1. The molecule has 2 aromatic rings. The van der Waals surface area contributed by atoms with Gasteiger partial charge in [-0.25, -0.2) is 0 Å². The number of fused-ring (bicyclic) bond motifs is 1. The third kappa shape index (κ3) is 3.21. The van der Waals surface area contributed by atoms with Crippen molar-refractivity contribution >= 4 is 28.5 Å². The minimum absolute atomic E-state index is 0.0342. The number of hydrogen-bond acceptors (Lipinski definition) is 4. The molecule has 0 aliphatic heterocycles. The van der Waals surface area contributed by atoms with E-state index in [4.69, 9.17) is 0 Å². The van der Waals surface area contributed by atoms with Crippen molar-refractivity contribution in [2.24, 2.45) is 23.2 Å². The molecule has 5 rings (SSSR count). The SMILES string of the molecule is CC#Cc1ccc(-c2ccc(C(=O)[C@H]3[C@@H]4C=CC(O)=C[C@@H]4CC34CCCC4)s2)s1. The van der Waals surface area contributed by atoms with E-state index < -0.39 is 0 Å². The quantitative estimate of drug-likeness (QED) is 0.435. The van der Waals surface area contributed by atoms with Crippen molar-refractivity contribution in [2.75, 3.05) is 0 Å². The number of aliphatic hydroxyl groups is 1. The molecule has 4 heteroatoms. The predicted molar refractivity (Wildman–Crippen MR) is 120 cm³/mol. The van der Waals surface area contributed by atoms with Gasteiger partial charge in [0.25, 0.3) is 0 Å². The van der Waals surface area contributed by atoms with Crippen LogP contribution in [-0.2, 0) is 0 Å². The Morgan fingerprint density at radius 2 is 1.90 bits per heavy atom. The fourth-order valence-electron chi connectivity index (χ4n) is 5.76. The lowest BCUT2D eigenvalue weighted by atomic mass is 9.71. The molecular weight excluding hydrogens is 396 g/mol. The van der Waals surface area contributed by atoms with E-state index in [1.54, 1.807) is 28.7 Å². The van der Waals surface area contributed by atoms with Crippen molar-refractivity contribution < 1.29 is 9.90 Å². The zero-order chi connectivity index (χ0) is 20.0. The van der Waals surface area contributed by atoms with Gasteiger partial charge < -0.3 is 5.11 Å². The summed E-state index contributed by atoms with van der Waals surface area (Å²) in [5, 5.41) is 9.98. The van der Waals surface area contributed by atoms with E-state index in [9.17, 15) is 9.90 Å². The average Bonchev–Trinajstić information content (AvgIpc) is 3.47. The maximum Gasteiger partial charge on any atom is 0.177 e. The van der Waals surface area contributed by atoms with Gasteiger partial charge in [-0.2, -0.15) is 0 Å². The molecule has 0 radical (unpaired) electrons. The summed E-state index contributed by atoms with van der Waals surface area (Å²) in [5.74, 6) is 7.26. The van der Waals surface area contributed by atoms with E-state index in [2.05, 4.69) is 36.1 Å². The van der Waals surface area contributed by atoms with Gasteiger partial charge in [-0.15, -0.1) is 28.6 Å². The Balaban J connectivity index is 1.46. The molecule has 3 aliphatic rings.